The van der Waals surface area contributed by atoms with Crippen LogP contribution in [0.1, 0.15) is 5.56 Å². The van der Waals surface area contributed by atoms with E-state index in [0.717, 1.165) is 12.1 Å². The summed E-state index contributed by atoms with van der Waals surface area (Å²) in [4.78, 5) is 6.65. The minimum absolute atomic E-state index is 0.357. The highest BCUT2D eigenvalue weighted by atomic mass is 35.5. The van der Waals surface area contributed by atoms with E-state index in [9.17, 15) is 8.42 Å². The molecule has 1 aliphatic heterocycles. The minimum atomic E-state index is -3.39. The van der Waals surface area contributed by atoms with Crippen molar-refractivity contribution < 1.29 is 8.42 Å². The lowest BCUT2D eigenvalue weighted by molar-refractivity contribution is 0.181. The second kappa shape index (κ2) is 6.97. The summed E-state index contributed by atoms with van der Waals surface area (Å²) in [5.74, 6) is 0. The molecule has 2 aromatic rings. The summed E-state index contributed by atoms with van der Waals surface area (Å²) in [6, 6.07) is 12.3. The monoisotopic (exact) mass is 351 g/mol. The summed E-state index contributed by atoms with van der Waals surface area (Å²) in [5.41, 5.74) is 1.08. The quantitative estimate of drug-likeness (QED) is 0.793. The molecule has 122 valence electrons. The van der Waals surface area contributed by atoms with Crippen LogP contribution in [-0.4, -0.2) is 48.8 Å². The molecule has 1 aromatic heterocycles. The Morgan fingerprint density at radius 2 is 1.70 bits per heavy atom. The maximum atomic E-state index is 12.6. The van der Waals surface area contributed by atoms with Gasteiger partial charge in [0.25, 0.3) is 0 Å². The summed E-state index contributed by atoms with van der Waals surface area (Å²) < 4.78 is 26.7. The summed E-state index contributed by atoms with van der Waals surface area (Å²) in [5, 5.41) is 0.479. The molecule has 5 nitrogen and oxygen atoms in total. The summed E-state index contributed by atoms with van der Waals surface area (Å²) in [7, 11) is -3.39. The van der Waals surface area contributed by atoms with Crippen molar-refractivity contribution in [2.75, 3.05) is 26.2 Å². The zero-order chi connectivity index (χ0) is 16.3. The molecule has 0 aliphatic carbocycles. The third-order valence-corrected chi connectivity index (χ3v) is 6.04. The molecule has 1 saturated heterocycles. The van der Waals surface area contributed by atoms with E-state index in [2.05, 4.69) is 9.88 Å². The molecule has 2 heterocycles. The van der Waals surface area contributed by atoms with Crippen molar-refractivity contribution in [2.45, 2.75) is 11.4 Å². The highest BCUT2D eigenvalue weighted by Gasteiger charge is 2.28. The Morgan fingerprint density at radius 1 is 1.00 bits per heavy atom. The molecule has 0 bridgehead atoms. The largest absolute Gasteiger partial charge is 0.296 e. The number of aromatic nitrogens is 1. The van der Waals surface area contributed by atoms with E-state index in [0.29, 0.717) is 36.2 Å². The lowest BCUT2D eigenvalue weighted by atomic mass is 10.2. The molecule has 0 unspecified atom stereocenters. The first-order valence-corrected chi connectivity index (χ1v) is 9.25. The van der Waals surface area contributed by atoms with E-state index in [1.54, 1.807) is 40.8 Å². The molecule has 1 fully saturated rings. The Kier molecular flexibility index (Phi) is 4.96. The maximum Gasteiger partial charge on any atom is 0.243 e. The van der Waals surface area contributed by atoms with Crippen LogP contribution in [0.4, 0.5) is 0 Å². The van der Waals surface area contributed by atoms with E-state index in [4.69, 9.17) is 11.6 Å². The number of nitrogens with zero attached hydrogens (tertiary/aromatic N) is 3. The summed E-state index contributed by atoms with van der Waals surface area (Å²) in [6.07, 6.45) is 1.76. The highest BCUT2D eigenvalue weighted by molar-refractivity contribution is 7.89. The molecule has 1 aromatic carbocycles. The topological polar surface area (TPSA) is 53.5 Å². The maximum absolute atomic E-state index is 12.6. The van der Waals surface area contributed by atoms with Crippen LogP contribution < -0.4 is 0 Å². The van der Waals surface area contributed by atoms with E-state index >= 15 is 0 Å². The van der Waals surface area contributed by atoms with Crippen LogP contribution in [0.15, 0.2) is 53.6 Å². The number of hydrogen-bond donors (Lipinski definition) is 0. The van der Waals surface area contributed by atoms with Gasteiger partial charge in [-0.1, -0.05) is 35.9 Å². The number of pyridine rings is 1. The van der Waals surface area contributed by atoms with Crippen molar-refractivity contribution in [3.63, 3.8) is 0 Å². The molecule has 3 rings (SSSR count). The molecular formula is C16H18ClN3O2S. The predicted molar refractivity (Wildman–Crippen MR) is 89.7 cm³/mol. The summed E-state index contributed by atoms with van der Waals surface area (Å²) in [6.45, 7) is 3.16. The molecule has 0 N–H and O–H groups in total. The number of halogens is 1. The van der Waals surface area contributed by atoms with Gasteiger partial charge in [-0.3, -0.25) is 4.90 Å². The van der Waals surface area contributed by atoms with E-state index in [1.165, 1.54) is 0 Å². The van der Waals surface area contributed by atoms with Crippen molar-refractivity contribution in [3.8, 4) is 0 Å². The predicted octanol–water partition coefficient (Wildman–Crippen LogP) is 2.24. The number of piperazine rings is 1. The van der Waals surface area contributed by atoms with E-state index in [1.807, 2.05) is 12.1 Å². The lowest BCUT2D eigenvalue weighted by Crippen LogP contribution is -2.48. The Labute approximate surface area is 141 Å². The Morgan fingerprint density at radius 3 is 2.30 bits per heavy atom. The van der Waals surface area contributed by atoms with E-state index in [-0.39, 0.29) is 0 Å². The van der Waals surface area contributed by atoms with Crippen LogP contribution in [0, 0.1) is 0 Å². The SMILES string of the molecule is O=S(=O)(c1ccccc1)N1CCN(Cc2ccc(Cl)nc2)CC1. The fourth-order valence-corrected chi connectivity index (χ4v) is 4.18. The molecule has 1 aliphatic rings. The Balaban J connectivity index is 1.61. The fourth-order valence-electron chi connectivity index (χ4n) is 2.63. The minimum Gasteiger partial charge on any atom is -0.296 e. The van der Waals surface area contributed by atoms with Crippen molar-refractivity contribution in [1.82, 2.24) is 14.2 Å². The van der Waals surface area contributed by atoms with Gasteiger partial charge in [0, 0.05) is 38.9 Å². The fraction of sp³-hybridized carbons (Fsp3) is 0.312. The van der Waals surface area contributed by atoms with Crippen LogP contribution in [0.5, 0.6) is 0 Å². The average Bonchev–Trinajstić information content (AvgIpc) is 2.58. The molecule has 0 amide bonds. The van der Waals surface area contributed by atoms with Gasteiger partial charge in [0.15, 0.2) is 0 Å². The van der Waals surface area contributed by atoms with Gasteiger partial charge in [0.05, 0.1) is 4.90 Å². The Hall–Kier alpha value is -1.47. The van der Waals surface area contributed by atoms with Crippen LogP contribution in [0.3, 0.4) is 0 Å². The summed E-state index contributed by atoms with van der Waals surface area (Å²) >= 11 is 5.78. The van der Waals surface area contributed by atoms with Gasteiger partial charge in [0.1, 0.15) is 5.15 Å². The first-order valence-electron chi connectivity index (χ1n) is 7.44. The normalized spacial score (nSPS) is 17.3. The number of rotatable bonds is 4. The molecular weight excluding hydrogens is 334 g/mol. The van der Waals surface area contributed by atoms with Gasteiger partial charge in [-0.25, -0.2) is 13.4 Å². The number of benzene rings is 1. The zero-order valence-electron chi connectivity index (χ0n) is 12.6. The lowest BCUT2D eigenvalue weighted by Gasteiger charge is -2.33. The second-order valence-electron chi connectivity index (χ2n) is 5.48. The Bertz CT molecular complexity index is 743. The first kappa shape index (κ1) is 16.4. The van der Waals surface area contributed by atoms with Gasteiger partial charge in [0.2, 0.25) is 10.0 Å². The van der Waals surface area contributed by atoms with Crippen LogP contribution in [0.2, 0.25) is 5.15 Å². The zero-order valence-corrected chi connectivity index (χ0v) is 14.2. The molecule has 0 saturated carbocycles. The molecule has 0 radical (unpaired) electrons. The van der Waals surface area contributed by atoms with Gasteiger partial charge >= 0.3 is 0 Å². The van der Waals surface area contributed by atoms with Gasteiger partial charge in [-0.05, 0) is 23.8 Å². The molecule has 0 spiro atoms. The van der Waals surface area contributed by atoms with E-state index < -0.39 is 10.0 Å². The number of sulfonamides is 1. The van der Waals surface area contributed by atoms with Crippen molar-refractivity contribution in [2.24, 2.45) is 0 Å². The molecule has 23 heavy (non-hydrogen) atoms. The van der Waals surface area contributed by atoms with Crippen molar-refractivity contribution in [3.05, 3.63) is 59.4 Å². The third kappa shape index (κ3) is 3.90. The van der Waals surface area contributed by atoms with Gasteiger partial charge in [-0.15, -0.1) is 0 Å². The highest BCUT2D eigenvalue weighted by Crippen LogP contribution is 2.18. The van der Waals surface area contributed by atoms with Crippen LogP contribution in [0.25, 0.3) is 0 Å². The van der Waals surface area contributed by atoms with Gasteiger partial charge < -0.3 is 0 Å². The van der Waals surface area contributed by atoms with Gasteiger partial charge in [-0.2, -0.15) is 4.31 Å². The standard InChI is InChI=1S/C16H18ClN3O2S/c17-16-7-6-14(12-18-16)13-19-8-10-20(11-9-19)23(21,22)15-4-2-1-3-5-15/h1-7,12H,8-11,13H2. The van der Waals surface area contributed by atoms with Crippen molar-refractivity contribution >= 4 is 21.6 Å². The second-order valence-corrected chi connectivity index (χ2v) is 7.81. The van der Waals surface area contributed by atoms with Crippen LogP contribution >= 0.6 is 11.6 Å². The number of hydrogen-bond acceptors (Lipinski definition) is 4. The average molecular weight is 352 g/mol. The smallest absolute Gasteiger partial charge is 0.243 e. The van der Waals surface area contributed by atoms with Crippen LogP contribution in [-0.2, 0) is 16.6 Å². The molecule has 7 heteroatoms. The first-order chi connectivity index (χ1) is 11.1. The van der Waals surface area contributed by atoms with Crippen molar-refractivity contribution in [1.29, 1.82) is 0 Å². The third-order valence-electron chi connectivity index (χ3n) is 3.91. The molecule has 0 atom stereocenters.